The molecule has 3 N–H and O–H groups in total. The fraction of sp³-hybridized carbons (Fsp3) is 0.0667. The van der Waals surface area contributed by atoms with Crippen molar-refractivity contribution in [3.8, 4) is 5.75 Å². The number of ketones is 1. The van der Waals surface area contributed by atoms with E-state index < -0.39 is 0 Å². The van der Waals surface area contributed by atoms with Crippen molar-refractivity contribution >= 4 is 34.1 Å². The molecule has 106 valence electrons. The number of carbonyl (C=O) groups is 1. The van der Waals surface area contributed by atoms with Gasteiger partial charge in [0, 0.05) is 29.5 Å². The van der Waals surface area contributed by atoms with Crippen LogP contribution in [0.2, 0.25) is 5.02 Å². The summed E-state index contributed by atoms with van der Waals surface area (Å²) in [6.45, 7) is 0. The van der Waals surface area contributed by atoms with Crippen molar-refractivity contribution in [3.63, 3.8) is 0 Å². The van der Waals surface area contributed by atoms with Crippen LogP contribution in [0.3, 0.4) is 0 Å². The lowest BCUT2D eigenvalue weighted by Crippen LogP contribution is -2.04. The number of halogens is 1. The Balaban J connectivity index is 2.17. The van der Waals surface area contributed by atoms with Crippen molar-refractivity contribution in [2.75, 3.05) is 12.8 Å². The Morgan fingerprint density at radius 2 is 2.14 bits per heavy atom. The third-order valence-corrected chi connectivity index (χ3v) is 3.55. The van der Waals surface area contributed by atoms with Crippen molar-refractivity contribution < 1.29 is 9.53 Å². The number of H-pyrrole nitrogens is 1. The fourth-order valence-corrected chi connectivity index (χ4v) is 2.48. The lowest BCUT2D eigenvalue weighted by atomic mass is 10.0. The number of benzene rings is 1. The minimum atomic E-state index is -0.201. The predicted molar refractivity (Wildman–Crippen MR) is 81.9 cm³/mol. The molecule has 21 heavy (non-hydrogen) atoms. The molecule has 0 aliphatic rings. The van der Waals surface area contributed by atoms with Crippen LogP contribution in [0, 0.1) is 0 Å². The smallest absolute Gasteiger partial charge is 0.199 e. The molecule has 0 saturated carbocycles. The van der Waals surface area contributed by atoms with Gasteiger partial charge in [0.25, 0.3) is 0 Å². The van der Waals surface area contributed by atoms with E-state index in [4.69, 9.17) is 22.1 Å². The largest absolute Gasteiger partial charge is 0.496 e. The third kappa shape index (κ3) is 2.21. The van der Waals surface area contributed by atoms with Crippen LogP contribution in [0.4, 0.5) is 5.69 Å². The number of rotatable bonds is 3. The topological polar surface area (TPSA) is 81.0 Å². The molecule has 6 heteroatoms. The standard InChI is InChI=1S/C15H12ClN3O2/c1-21-12-6-8(17)2-3-9(12)14(20)10-7-19-15-13(10)11(16)4-5-18-15/h2-7H,17H2,1H3,(H,18,19). The van der Waals surface area contributed by atoms with Gasteiger partial charge >= 0.3 is 0 Å². The summed E-state index contributed by atoms with van der Waals surface area (Å²) in [5.41, 5.74) is 7.68. The lowest BCUT2D eigenvalue weighted by molar-refractivity contribution is 0.103. The van der Waals surface area contributed by atoms with Crippen LogP contribution in [0.25, 0.3) is 11.0 Å². The Bertz CT molecular complexity index is 842. The van der Waals surface area contributed by atoms with Crippen LogP contribution >= 0.6 is 11.6 Å². The lowest BCUT2D eigenvalue weighted by Gasteiger charge is -2.08. The second-order valence-electron chi connectivity index (χ2n) is 4.51. The number of hydrogen-bond acceptors (Lipinski definition) is 4. The molecule has 2 aromatic heterocycles. The number of aromatic amines is 1. The molecule has 2 heterocycles. The second kappa shape index (κ2) is 5.10. The van der Waals surface area contributed by atoms with Gasteiger partial charge in [0.2, 0.25) is 0 Å². The van der Waals surface area contributed by atoms with Gasteiger partial charge in [0.05, 0.1) is 23.3 Å². The average molecular weight is 302 g/mol. The van der Waals surface area contributed by atoms with E-state index in [9.17, 15) is 4.79 Å². The quantitative estimate of drug-likeness (QED) is 0.575. The number of pyridine rings is 1. The van der Waals surface area contributed by atoms with Crippen LogP contribution in [0.5, 0.6) is 5.75 Å². The molecule has 0 radical (unpaired) electrons. The first-order valence-corrected chi connectivity index (χ1v) is 6.59. The van der Waals surface area contributed by atoms with Crippen LogP contribution in [0.15, 0.2) is 36.7 Å². The highest BCUT2D eigenvalue weighted by Gasteiger charge is 2.20. The Morgan fingerprint density at radius 1 is 1.33 bits per heavy atom. The molecule has 3 rings (SSSR count). The number of ether oxygens (including phenoxy) is 1. The molecule has 1 aromatic carbocycles. The number of nitrogen functional groups attached to an aromatic ring is 1. The van der Waals surface area contributed by atoms with E-state index in [-0.39, 0.29) is 5.78 Å². The summed E-state index contributed by atoms with van der Waals surface area (Å²) < 4.78 is 5.23. The van der Waals surface area contributed by atoms with Crippen LogP contribution < -0.4 is 10.5 Å². The molecule has 0 fully saturated rings. The van der Waals surface area contributed by atoms with E-state index in [1.807, 2.05) is 0 Å². The van der Waals surface area contributed by atoms with Crippen LogP contribution in [0.1, 0.15) is 15.9 Å². The number of carbonyl (C=O) groups excluding carboxylic acids is 1. The molecule has 0 spiro atoms. The molecule has 0 saturated heterocycles. The van der Waals surface area contributed by atoms with Crippen LogP contribution in [-0.4, -0.2) is 22.9 Å². The summed E-state index contributed by atoms with van der Waals surface area (Å²) in [7, 11) is 1.50. The Labute approximate surface area is 125 Å². The van der Waals surface area contributed by atoms with Crippen molar-refractivity contribution in [2.45, 2.75) is 0 Å². The summed E-state index contributed by atoms with van der Waals surface area (Å²) in [4.78, 5) is 19.8. The van der Waals surface area contributed by atoms with Crippen molar-refractivity contribution in [1.29, 1.82) is 0 Å². The highest BCUT2D eigenvalue weighted by molar-refractivity contribution is 6.37. The molecule has 0 aliphatic carbocycles. The fourth-order valence-electron chi connectivity index (χ4n) is 2.24. The number of nitrogens with zero attached hydrogens (tertiary/aromatic N) is 1. The Morgan fingerprint density at radius 3 is 2.90 bits per heavy atom. The SMILES string of the molecule is COc1cc(N)ccc1C(=O)c1c[nH]c2nccc(Cl)c12. The van der Waals surface area contributed by atoms with E-state index >= 15 is 0 Å². The molecule has 0 unspecified atom stereocenters. The maximum Gasteiger partial charge on any atom is 0.199 e. The average Bonchev–Trinajstić information content (AvgIpc) is 2.92. The molecular weight excluding hydrogens is 290 g/mol. The van der Waals surface area contributed by atoms with Crippen molar-refractivity contribution in [2.24, 2.45) is 0 Å². The maximum atomic E-state index is 12.7. The maximum absolute atomic E-state index is 12.7. The highest BCUT2D eigenvalue weighted by atomic mass is 35.5. The third-order valence-electron chi connectivity index (χ3n) is 3.24. The van der Waals surface area contributed by atoms with E-state index in [1.54, 1.807) is 36.7 Å². The van der Waals surface area contributed by atoms with Gasteiger partial charge in [-0.05, 0) is 18.2 Å². The molecular formula is C15H12ClN3O2. The minimum Gasteiger partial charge on any atom is -0.496 e. The zero-order chi connectivity index (χ0) is 15.0. The molecule has 0 amide bonds. The highest BCUT2D eigenvalue weighted by Crippen LogP contribution is 2.30. The van der Waals surface area contributed by atoms with Gasteiger partial charge in [-0.1, -0.05) is 11.6 Å². The first kappa shape index (κ1) is 13.5. The molecule has 5 nitrogen and oxygen atoms in total. The molecule has 0 atom stereocenters. The summed E-state index contributed by atoms with van der Waals surface area (Å²) >= 11 is 6.17. The van der Waals surface area contributed by atoms with Gasteiger partial charge in [0.15, 0.2) is 5.78 Å². The summed E-state index contributed by atoms with van der Waals surface area (Å²) in [5.74, 6) is 0.224. The number of nitrogens with two attached hydrogens (primary N) is 1. The van der Waals surface area contributed by atoms with E-state index in [2.05, 4.69) is 9.97 Å². The molecule has 0 bridgehead atoms. The number of nitrogens with one attached hydrogen (secondary N) is 1. The van der Waals surface area contributed by atoms with E-state index in [1.165, 1.54) is 7.11 Å². The second-order valence-corrected chi connectivity index (χ2v) is 4.91. The van der Waals surface area contributed by atoms with Gasteiger partial charge in [-0.2, -0.15) is 0 Å². The summed E-state index contributed by atoms with van der Waals surface area (Å²) in [6, 6.07) is 6.56. The van der Waals surface area contributed by atoms with E-state index in [0.717, 1.165) is 0 Å². The summed E-state index contributed by atoms with van der Waals surface area (Å²) in [5, 5.41) is 1.07. The van der Waals surface area contributed by atoms with Gasteiger partial charge in [-0.25, -0.2) is 4.98 Å². The monoisotopic (exact) mass is 301 g/mol. The number of fused-ring (bicyclic) bond motifs is 1. The number of hydrogen-bond donors (Lipinski definition) is 2. The first-order valence-electron chi connectivity index (χ1n) is 6.21. The zero-order valence-corrected chi connectivity index (χ0v) is 11.9. The van der Waals surface area contributed by atoms with Gasteiger partial charge in [-0.3, -0.25) is 4.79 Å². The number of aromatic nitrogens is 2. The van der Waals surface area contributed by atoms with Gasteiger partial charge in [0.1, 0.15) is 11.4 Å². The normalized spacial score (nSPS) is 10.8. The van der Waals surface area contributed by atoms with Crippen molar-refractivity contribution in [1.82, 2.24) is 9.97 Å². The van der Waals surface area contributed by atoms with E-state index in [0.29, 0.717) is 38.6 Å². The van der Waals surface area contributed by atoms with Gasteiger partial charge < -0.3 is 15.5 Å². The first-order chi connectivity index (χ1) is 10.1. The Kier molecular flexibility index (Phi) is 3.27. The Hall–Kier alpha value is -2.53. The minimum absolute atomic E-state index is 0.201. The molecule has 3 aromatic rings. The van der Waals surface area contributed by atoms with Gasteiger partial charge in [-0.15, -0.1) is 0 Å². The van der Waals surface area contributed by atoms with Crippen LogP contribution in [-0.2, 0) is 0 Å². The summed E-state index contributed by atoms with van der Waals surface area (Å²) in [6.07, 6.45) is 3.18. The molecule has 0 aliphatic heterocycles. The number of methoxy groups -OCH3 is 1. The van der Waals surface area contributed by atoms with Crippen molar-refractivity contribution in [3.05, 3.63) is 52.8 Å². The number of anilines is 1. The predicted octanol–water partition coefficient (Wildman–Crippen LogP) is 3.04. The zero-order valence-electron chi connectivity index (χ0n) is 11.2.